The molecule has 0 saturated carbocycles. The number of hydrogen-bond acceptors (Lipinski definition) is 1. The summed E-state index contributed by atoms with van der Waals surface area (Å²) in [6, 6.07) is 8.38. The van der Waals surface area contributed by atoms with E-state index in [0.29, 0.717) is 0 Å². The highest BCUT2D eigenvalue weighted by Crippen LogP contribution is 2.28. The third-order valence-corrected chi connectivity index (χ3v) is 2.41. The number of para-hydroxylation sites is 1. The number of halogens is 1. The molecule has 1 aromatic carbocycles. The Bertz CT molecular complexity index is 337. The molecule has 15 heavy (non-hydrogen) atoms. The second kappa shape index (κ2) is 5.22. The fraction of sp³-hybridized carbons (Fsp3) is 0.385. The van der Waals surface area contributed by atoms with E-state index in [1.807, 2.05) is 12.1 Å². The van der Waals surface area contributed by atoms with E-state index in [-0.39, 0.29) is 5.41 Å². The van der Waals surface area contributed by atoms with E-state index in [4.69, 9.17) is 11.6 Å². The molecule has 0 radical (unpaired) electrons. The second-order valence-electron chi connectivity index (χ2n) is 4.54. The molecule has 1 aromatic rings. The van der Waals surface area contributed by atoms with Crippen LogP contribution >= 0.6 is 11.6 Å². The Hall–Kier alpha value is -0.950. The van der Waals surface area contributed by atoms with Crippen LogP contribution in [0.3, 0.4) is 0 Å². The number of nitrogens with one attached hydrogen (secondary N) is 1. The van der Waals surface area contributed by atoms with Crippen molar-refractivity contribution >= 4 is 17.3 Å². The van der Waals surface area contributed by atoms with Gasteiger partial charge in [0.2, 0.25) is 0 Å². The van der Waals surface area contributed by atoms with Crippen LogP contribution in [0, 0.1) is 0 Å². The Morgan fingerprint density at radius 2 is 1.93 bits per heavy atom. The van der Waals surface area contributed by atoms with E-state index in [1.54, 1.807) is 0 Å². The van der Waals surface area contributed by atoms with E-state index in [0.717, 1.165) is 6.54 Å². The third-order valence-electron chi connectivity index (χ3n) is 2.23. The van der Waals surface area contributed by atoms with Crippen molar-refractivity contribution in [1.82, 2.24) is 0 Å². The standard InChI is InChI=1S/C13H18ClN/c1-13(2,3)11-7-4-5-8-12(11)15-10-6-9-14/h4-9,15H,10H2,1-3H3/b9-6+. The number of benzene rings is 1. The highest BCUT2D eigenvalue weighted by atomic mass is 35.5. The van der Waals surface area contributed by atoms with E-state index < -0.39 is 0 Å². The summed E-state index contributed by atoms with van der Waals surface area (Å²) >= 11 is 5.48. The highest BCUT2D eigenvalue weighted by molar-refractivity contribution is 6.25. The largest absolute Gasteiger partial charge is 0.381 e. The van der Waals surface area contributed by atoms with Crippen molar-refractivity contribution in [3.63, 3.8) is 0 Å². The summed E-state index contributed by atoms with van der Waals surface area (Å²) < 4.78 is 0. The lowest BCUT2D eigenvalue weighted by molar-refractivity contribution is 0.592. The van der Waals surface area contributed by atoms with Crippen LogP contribution in [0.4, 0.5) is 5.69 Å². The zero-order valence-electron chi connectivity index (χ0n) is 9.55. The highest BCUT2D eigenvalue weighted by Gasteiger charge is 2.16. The first-order valence-electron chi connectivity index (χ1n) is 5.14. The Morgan fingerprint density at radius 3 is 2.53 bits per heavy atom. The summed E-state index contributed by atoms with van der Waals surface area (Å²) in [5.41, 5.74) is 4.20. The van der Waals surface area contributed by atoms with Gasteiger partial charge in [-0.15, -0.1) is 0 Å². The maximum absolute atomic E-state index is 5.48. The smallest absolute Gasteiger partial charge is 0.0380 e. The van der Waals surface area contributed by atoms with E-state index in [9.17, 15) is 0 Å². The first-order valence-corrected chi connectivity index (χ1v) is 5.58. The normalized spacial score (nSPS) is 12.0. The van der Waals surface area contributed by atoms with Gasteiger partial charge in [0.05, 0.1) is 0 Å². The molecule has 0 aliphatic rings. The molecule has 82 valence electrons. The summed E-state index contributed by atoms with van der Waals surface area (Å²) in [5.74, 6) is 0. The SMILES string of the molecule is CC(C)(C)c1ccccc1NC/C=C/Cl. The maximum atomic E-state index is 5.48. The van der Waals surface area contributed by atoms with Crippen molar-refractivity contribution in [2.75, 3.05) is 11.9 Å². The summed E-state index contributed by atoms with van der Waals surface area (Å²) in [6.45, 7) is 7.40. The van der Waals surface area contributed by atoms with Crippen molar-refractivity contribution in [1.29, 1.82) is 0 Å². The van der Waals surface area contributed by atoms with Gasteiger partial charge in [-0.05, 0) is 17.0 Å². The molecule has 0 atom stereocenters. The van der Waals surface area contributed by atoms with Gasteiger partial charge < -0.3 is 5.32 Å². The molecule has 0 unspecified atom stereocenters. The number of anilines is 1. The fourth-order valence-electron chi connectivity index (χ4n) is 1.50. The predicted octanol–water partition coefficient (Wildman–Crippen LogP) is 4.15. The molecule has 0 aliphatic carbocycles. The van der Waals surface area contributed by atoms with Crippen molar-refractivity contribution in [2.45, 2.75) is 26.2 Å². The molecule has 2 heteroatoms. The monoisotopic (exact) mass is 223 g/mol. The average Bonchev–Trinajstić information content (AvgIpc) is 2.17. The first kappa shape index (κ1) is 12.1. The minimum absolute atomic E-state index is 0.161. The molecule has 1 nitrogen and oxygen atoms in total. The molecular formula is C13H18ClN. The number of rotatable bonds is 3. The van der Waals surface area contributed by atoms with Gasteiger partial charge in [0.15, 0.2) is 0 Å². The summed E-state index contributed by atoms with van der Waals surface area (Å²) in [7, 11) is 0. The summed E-state index contributed by atoms with van der Waals surface area (Å²) in [5, 5.41) is 3.35. The molecular weight excluding hydrogens is 206 g/mol. The van der Waals surface area contributed by atoms with E-state index in [2.05, 4.69) is 44.3 Å². The van der Waals surface area contributed by atoms with Crippen LogP contribution in [0.1, 0.15) is 26.3 Å². The Morgan fingerprint density at radius 1 is 1.27 bits per heavy atom. The van der Waals surface area contributed by atoms with Gasteiger partial charge in [-0.1, -0.05) is 56.6 Å². The first-order chi connectivity index (χ1) is 7.05. The van der Waals surface area contributed by atoms with Crippen molar-refractivity contribution in [3.8, 4) is 0 Å². The van der Waals surface area contributed by atoms with Crippen molar-refractivity contribution in [2.24, 2.45) is 0 Å². The van der Waals surface area contributed by atoms with Crippen LogP contribution in [0.15, 0.2) is 35.9 Å². The van der Waals surface area contributed by atoms with Gasteiger partial charge in [-0.25, -0.2) is 0 Å². The van der Waals surface area contributed by atoms with Gasteiger partial charge in [0.1, 0.15) is 0 Å². The van der Waals surface area contributed by atoms with E-state index >= 15 is 0 Å². The maximum Gasteiger partial charge on any atom is 0.0380 e. The van der Waals surface area contributed by atoms with E-state index in [1.165, 1.54) is 16.8 Å². The molecule has 1 N–H and O–H groups in total. The Labute approximate surface area is 97.1 Å². The number of hydrogen-bond donors (Lipinski definition) is 1. The molecule has 0 bridgehead atoms. The van der Waals surface area contributed by atoms with Gasteiger partial charge >= 0.3 is 0 Å². The topological polar surface area (TPSA) is 12.0 Å². The lowest BCUT2D eigenvalue weighted by Crippen LogP contribution is -2.14. The molecule has 0 spiro atoms. The van der Waals surface area contributed by atoms with Crippen LogP contribution in [-0.4, -0.2) is 6.54 Å². The second-order valence-corrected chi connectivity index (χ2v) is 4.79. The van der Waals surface area contributed by atoms with Gasteiger partial charge in [0, 0.05) is 17.8 Å². The van der Waals surface area contributed by atoms with Crippen LogP contribution < -0.4 is 5.32 Å². The van der Waals surface area contributed by atoms with Crippen molar-refractivity contribution < 1.29 is 0 Å². The van der Waals surface area contributed by atoms with Gasteiger partial charge in [0.25, 0.3) is 0 Å². The molecule has 0 aliphatic heterocycles. The third kappa shape index (κ3) is 3.60. The minimum atomic E-state index is 0.161. The Kier molecular flexibility index (Phi) is 4.22. The zero-order valence-corrected chi connectivity index (χ0v) is 10.3. The molecule has 0 amide bonds. The summed E-state index contributed by atoms with van der Waals surface area (Å²) in [4.78, 5) is 0. The molecule has 0 fully saturated rings. The summed E-state index contributed by atoms with van der Waals surface area (Å²) in [6.07, 6.45) is 1.89. The van der Waals surface area contributed by atoms with Gasteiger partial charge in [-0.2, -0.15) is 0 Å². The fourth-order valence-corrected chi connectivity index (χ4v) is 1.59. The van der Waals surface area contributed by atoms with Crippen LogP contribution in [-0.2, 0) is 5.41 Å². The lowest BCUT2D eigenvalue weighted by Gasteiger charge is -2.23. The zero-order chi connectivity index (χ0) is 11.3. The quantitative estimate of drug-likeness (QED) is 0.812. The van der Waals surface area contributed by atoms with Crippen LogP contribution in [0.2, 0.25) is 0 Å². The van der Waals surface area contributed by atoms with Crippen molar-refractivity contribution in [3.05, 3.63) is 41.4 Å². The predicted molar refractivity (Wildman–Crippen MR) is 68.6 cm³/mol. The minimum Gasteiger partial charge on any atom is -0.381 e. The Balaban J connectivity index is 2.87. The van der Waals surface area contributed by atoms with Crippen LogP contribution in [0.5, 0.6) is 0 Å². The lowest BCUT2D eigenvalue weighted by atomic mass is 9.86. The molecule has 0 saturated heterocycles. The average molecular weight is 224 g/mol. The molecule has 1 rings (SSSR count). The molecule has 0 aromatic heterocycles. The molecule has 0 heterocycles. The van der Waals surface area contributed by atoms with Gasteiger partial charge in [-0.3, -0.25) is 0 Å². The van der Waals surface area contributed by atoms with Crippen LogP contribution in [0.25, 0.3) is 0 Å².